The van der Waals surface area contributed by atoms with E-state index in [0.29, 0.717) is 27.3 Å². The standard InChI is InChI=1S/C22H14ClFN4O2/c23-15-2-1-3-16(12-15)27-22(30)28-18-6-4-13(10-17(18)24)21(29)14-5-7-19-20(11-14)26-9-8-25-19/h1-12H,(H2,27,28,30). The van der Waals surface area contributed by atoms with Crippen LogP contribution in [0.1, 0.15) is 15.9 Å². The Hall–Kier alpha value is -3.84. The Morgan fingerprint density at radius 3 is 2.33 bits per heavy atom. The fraction of sp³-hybridized carbons (Fsp3) is 0. The zero-order valence-electron chi connectivity index (χ0n) is 15.4. The maximum atomic E-state index is 14.5. The highest BCUT2D eigenvalue weighted by molar-refractivity contribution is 6.30. The van der Waals surface area contributed by atoms with Crippen molar-refractivity contribution in [1.29, 1.82) is 0 Å². The number of urea groups is 1. The Kier molecular flexibility index (Phi) is 5.36. The molecule has 4 aromatic rings. The fourth-order valence-corrected chi connectivity index (χ4v) is 3.07. The van der Waals surface area contributed by atoms with Gasteiger partial charge in [0.1, 0.15) is 5.82 Å². The molecular weight excluding hydrogens is 407 g/mol. The molecule has 1 heterocycles. The van der Waals surface area contributed by atoms with Crippen molar-refractivity contribution >= 4 is 45.8 Å². The number of hydrogen-bond acceptors (Lipinski definition) is 4. The summed E-state index contributed by atoms with van der Waals surface area (Å²) in [7, 11) is 0. The number of nitrogens with one attached hydrogen (secondary N) is 2. The molecule has 0 aliphatic carbocycles. The first-order valence-electron chi connectivity index (χ1n) is 8.88. The van der Waals surface area contributed by atoms with Crippen LogP contribution in [-0.2, 0) is 0 Å². The van der Waals surface area contributed by atoms with Crippen molar-refractivity contribution in [3.63, 3.8) is 0 Å². The van der Waals surface area contributed by atoms with Gasteiger partial charge in [-0.05, 0) is 54.6 Å². The normalized spacial score (nSPS) is 10.6. The number of halogens is 2. The Bertz CT molecular complexity index is 1280. The van der Waals surface area contributed by atoms with Crippen LogP contribution in [0.3, 0.4) is 0 Å². The molecule has 0 unspecified atom stereocenters. The van der Waals surface area contributed by atoms with Gasteiger partial charge >= 0.3 is 6.03 Å². The lowest BCUT2D eigenvalue weighted by atomic mass is 10.0. The maximum absolute atomic E-state index is 14.5. The number of ketones is 1. The molecule has 0 bridgehead atoms. The molecule has 6 nitrogen and oxygen atoms in total. The van der Waals surface area contributed by atoms with Crippen LogP contribution in [0.25, 0.3) is 11.0 Å². The number of carbonyl (C=O) groups is 2. The van der Waals surface area contributed by atoms with Crippen molar-refractivity contribution in [3.05, 3.63) is 95.0 Å². The van der Waals surface area contributed by atoms with E-state index in [0.717, 1.165) is 6.07 Å². The zero-order chi connectivity index (χ0) is 21.1. The van der Waals surface area contributed by atoms with Crippen molar-refractivity contribution < 1.29 is 14.0 Å². The highest BCUT2D eigenvalue weighted by Crippen LogP contribution is 2.21. The van der Waals surface area contributed by atoms with Gasteiger partial charge < -0.3 is 10.6 Å². The molecule has 0 saturated heterocycles. The SMILES string of the molecule is O=C(Nc1cccc(Cl)c1)Nc1ccc(C(=O)c2ccc3nccnc3c2)cc1F. The first kappa shape index (κ1) is 19.5. The Morgan fingerprint density at radius 2 is 1.57 bits per heavy atom. The topological polar surface area (TPSA) is 84.0 Å². The van der Waals surface area contributed by atoms with Gasteiger partial charge in [0, 0.05) is 34.2 Å². The van der Waals surface area contributed by atoms with Crippen LogP contribution in [0, 0.1) is 5.82 Å². The quantitative estimate of drug-likeness (QED) is 0.439. The summed E-state index contributed by atoms with van der Waals surface area (Å²) in [5.41, 5.74) is 2.14. The molecule has 0 saturated carbocycles. The summed E-state index contributed by atoms with van der Waals surface area (Å²) >= 11 is 5.87. The number of amides is 2. The van der Waals surface area contributed by atoms with Gasteiger partial charge in [-0.2, -0.15) is 0 Å². The number of rotatable bonds is 4. The Labute approximate surface area is 175 Å². The second-order valence-electron chi connectivity index (χ2n) is 6.37. The maximum Gasteiger partial charge on any atom is 0.323 e. The number of aromatic nitrogens is 2. The van der Waals surface area contributed by atoms with Crippen LogP contribution in [0.5, 0.6) is 0 Å². The summed E-state index contributed by atoms with van der Waals surface area (Å²) in [4.78, 5) is 33.1. The van der Waals surface area contributed by atoms with Gasteiger partial charge in [-0.15, -0.1) is 0 Å². The summed E-state index contributed by atoms with van der Waals surface area (Å²) < 4.78 is 14.5. The average molecular weight is 421 g/mol. The van der Waals surface area contributed by atoms with Gasteiger partial charge in [0.2, 0.25) is 0 Å². The van der Waals surface area contributed by atoms with Gasteiger partial charge in [0.05, 0.1) is 16.7 Å². The molecule has 8 heteroatoms. The van der Waals surface area contributed by atoms with E-state index in [2.05, 4.69) is 20.6 Å². The van der Waals surface area contributed by atoms with Crippen LogP contribution in [0.15, 0.2) is 73.1 Å². The third-order valence-corrected chi connectivity index (χ3v) is 4.53. The molecule has 148 valence electrons. The summed E-state index contributed by atoms with van der Waals surface area (Å²) in [6, 6.07) is 14.7. The predicted octanol–water partition coefficient (Wildman–Crippen LogP) is 5.30. The van der Waals surface area contributed by atoms with Crippen molar-refractivity contribution in [2.24, 2.45) is 0 Å². The smallest absolute Gasteiger partial charge is 0.308 e. The molecule has 1 aromatic heterocycles. The molecule has 0 radical (unpaired) electrons. The Balaban J connectivity index is 1.50. The molecule has 4 rings (SSSR count). The molecule has 2 amide bonds. The van der Waals surface area contributed by atoms with Gasteiger partial charge in [-0.1, -0.05) is 17.7 Å². The van der Waals surface area contributed by atoms with E-state index in [1.165, 1.54) is 18.3 Å². The summed E-state index contributed by atoms with van der Waals surface area (Å²) in [5.74, 6) is -1.10. The summed E-state index contributed by atoms with van der Waals surface area (Å²) in [6.45, 7) is 0. The van der Waals surface area contributed by atoms with Gasteiger partial charge in [-0.25, -0.2) is 9.18 Å². The third kappa shape index (κ3) is 4.26. The van der Waals surface area contributed by atoms with Gasteiger partial charge in [0.25, 0.3) is 0 Å². The van der Waals surface area contributed by atoms with Crippen LogP contribution in [0.4, 0.5) is 20.6 Å². The third-order valence-electron chi connectivity index (χ3n) is 4.29. The van der Waals surface area contributed by atoms with Crippen LogP contribution >= 0.6 is 11.6 Å². The zero-order valence-corrected chi connectivity index (χ0v) is 16.2. The fourth-order valence-electron chi connectivity index (χ4n) is 2.88. The highest BCUT2D eigenvalue weighted by atomic mass is 35.5. The number of hydrogen-bond donors (Lipinski definition) is 2. The second kappa shape index (κ2) is 8.26. The minimum Gasteiger partial charge on any atom is -0.308 e. The highest BCUT2D eigenvalue weighted by Gasteiger charge is 2.14. The minimum atomic E-state index is -0.734. The number of carbonyl (C=O) groups excluding carboxylic acids is 2. The average Bonchev–Trinajstić information content (AvgIpc) is 2.74. The van der Waals surface area contributed by atoms with Crippen LogP contribution in [0.2, 0.25) is 5.02 Å². The Morgan fingerprint density at radius 1 is 0.833 bits per heavy atom. The lowest BCUT2D eigenvalue weighted by Crippen LogP contribution is -2.20. The van der Waals surface area contributed by atoms with E-state index in [1.807, 2.05) is 0 Å². The van der Waals surface area contributed by atoms with Crippen molar-refractivity contribution in [2.45, 2.75) is 0 Å². The molecule has 0 aliphatic rings. The monoisotopic (exact) mass is 420 g/mol. The van der Waals surface area contributed by atoms with Crippen molar-refractivity contribution in [2.75, 3.05) is 10.6 Å². The summed E-state index contributed by atoms with van der Waals surface area (Å²) in [5, 5.41) is 5.43. The largest absolute Gasteiger partial charge is 0.323 e. The lowest BCUT2D eigenvalue weighted by Gasteiger charge is -2.10. The molecular formula is C22H14ClFN4O2. The van der Waals surface area contributed by atoms with E-state index < -0.39 is 11.8 Å². The molecule has 0 spiro atoms. The van der Waals surface area contributed by atoms with E-state index in [4.69, 9.17) is 11.6 Å². The van der Waals surface area contributed by atoms with Gasteiger partial charge in [-0.3, -0.25) is 14.8 Å². The van der Waals surface area contributed by atoms with E-state index >= 15 is 0 Å². The molecule has 3 aromatic carbocycles. The molecule has 0 aliphatic heterocycles. The molecule has 2 N–H and O–H groups in total. The number of anilines is 2. The molecule has 0 fully saturated rings. The lowest BCUT2D eigenvalue weighted by molar-refractivity contribution is 0.103. The van der Waals surface area contributed by atoms with E-state index in [9.17, 15) is 14.0 Å². The number of nitrogens with zero attached hydrogens (tertiary/aromatic N) is 2. The molecule has 0 atom stereocenters. The van der Waals surface area contributed by atoms with E-state index in [-0.39, 0.29) is 17.0 Å². The van der Waals surface area contributed by atoms with E-state index in [1.54, 1.807) is 48.7 Å². The number of benzene rings is 3. The van der Waals surface area contributed by atoms with Crippen LogP contribution in [-0.4, -0.2) is 21.8 Å². The second-order valence-corrected chi connectivity index (χ2v) is 6.81. The first-order chi connectivity index (χ1) is 14.5. The van der Waals surface area contributed by atoms with Gasteiger partial charge in [0.15, 0.2) is 5.78 Å². The minimum absolute atomic E-state index is 0.0598. The van der Waals surface area contributed by atoms with Crippen LogP contribution < -0.4 is 10.6 Å². The van der Waals surface area contributed by atoms with Crippen molar-refractivity contribution in [1.82, 2.24) is 9.97 Å². The number of fused-ring (bicyclic) bond motifs is 1. The predicted molar refractivity (Wildman–Crippen MR) is 113 cm³/mol. The summed E-state index contributed by atoms with van der Waals surface area (Å²) in [6.07, 6.45) is 3.10. The first-order valence-corrected chi connectivity index (χ1v) is 9.26. The molecule has 30 heavy (non-hydrogen) atoms. The van der Waals surface area contributed by atoms with Crippen molar-refractivity contribution in [3.8, 4) is 0 Å².